The van der Waals surface area contributed by atoms with Gasteiger partial charge in [-0.25, -0.2) is 4.68 Å². The summed E-state index contributed by atoms with van der Waals surface area (Å²) in [6.07, 6.45) is 0.386. The molecular weight excluding hydrogens is 279 g/mol. The summed E-state index contributed by atoms with van der Waals surface area (Å²) in [5.74, 6) is -0.548. The molecule has 0 saturated carbocycles. The molecule has 18 heavy (non-hydrogen) atoms. The molecule has 2 aromatic rings. The van der Waals surface area contributed by atoms with E-state index in [2.05, 4.69) is 15.5 Å². The Labute approximate surface area is 112 Å². The van der Waals surface area contributed by atoms with Crippen molar-refractivity contribution in [3.63, 3.8) is 0 Å². The SMILES string of the molecule is O=C(O)Cn1nnnc1Cc1ccc(Cl)c(Cl)c1. The molecule has 94 valence electrons. The molecule has 0 bridgehead atoms. The summed E-state index contributed by atoms with van der Waals surface area (Å²) in [5, 5.41) is 20.4. The van der Waals surface area contributed by atoms with Crippen molar-refractivity contribution in [1.82, 2.24) is 20.2 Å². The van der Waals surface area contributed by atoms with Gasteiger partial charge in [-0.1, -0.05) is 29.3 Å². The van der Waals surface area contributed by atoms with Crippen molar-refractivity contribution < 1.29 is 9.90 Å². The lowest BCUT2D eigenvalue weighted by Gasteiger charge is -2.03. The zero-order valence-corrected chi connectivity index (χ0v) is 10.6. The Kier molecular flexibility index (Phi) is 3.78. The number of tetrazole rings is 1. The Morgan fingerprint density at radius 3 is 2.78 bits per heavy atom. The Morgan fingerprint density at radius 2 is 2.11 bits per heavy atom. The molecule has 0 radical (unpaired) electrons. The van der Waals surface area contributed by atoms with Gasteiger partial charge in [0.1, 0.15) is 6.54 Å². The van der Waals surface area contributed by atoms with Crippen LogP contribution in [0.5, 0.6) is 0 Å². The van der Waals surface area contributed by atoms with E-state index < -0.39 is 5.97 Å². The standard InChI is InChI=1S/C10H8Cl2N4O2/c11-7-2-1-6(3-8(7)12)4-9-13-14-15-16(9)5-10(17)18/h1-3H,4-5H2,(H,17,18). The molecule has 0 saturated heterocycles. The molecule has 1 heterocycles. The number of carboxylic acid groups (broad SMARTS) is 1. The molecule has 0 aliphatic rings. The Morgan fingerprint density at radius 1 is 1.33 bits per heavy atom. The predicted molar refractivity (Wildman–Crippen MR) is 64.7 cm³/mol. The van der Waals surface area contributed by atoms with E-state index in [1.165, 1.54) is 4.68 Å². The number of carboxylic acids is 1. The summed E-state index contributed by atoms with van der Waals surface area (Å²) in [7, 11) is 0. The van der Waals surface area contributed by atoms with E-state index >= 15 is 0 Å². The third-order valence-electron chi connectivity index (χ3n) is 2.24. The van der Waals surface area contributed by atoms with Gasteiger partial charge in [0.05, 0.1) is 10.0 Å². The van der Waals surface area contributed by atoms with Crippen molar-refractivity contribution in [2.24, 2.45) is 0 Å². The summed E-state index contributed by atoms with van der Waals surface area (Å²) >= 11 is 11.7. The third kappa shape index (κ3) is 2.96. The molecular formula is C10H8Cl2N4O2. The predicted octanol–water partition coefficient (Wildman–Crippen LogP) is 1.66. The molecule has 2 rings (SSSR count). The van der Waals surface area contributed by atoms with Crippen molar-refractivity contribution in [3.8, 4) is 0 Å². The van der Waals surface area contributed by atoms with E-state index in [-0.39, 0.29) is 6.54 Å². The van der Waals surface area contributed by atoms with Gasteiger partial charge in [-0.3, -0.25) is 4.79 Å². The first-order chi connectivity index (χ1) is 8.56. The molecule has 0 aliphatic carbocycles. The molecule has 0 spiro atoms. The van der Waals surface area contributed by atoms with E-state index in [0.717, 1.165) is 5.56 Å². The van der Waals surface area contributed by atoms with E-state index in [4.69, 9.17) is 28.3 Å². The van der Waals surface area contributed by atoms with E-state index in [1.54, 1.807) is 18.2 Å². The smallest absolute Gasteiger partial charge is 0.325 e. The molecule has 6 nitrogen and oxygen atoms in total. The lowest BCUT2D eigenvalue weighted by Crippen LogP contribution is -2.13. The Balaban J connectivity index is 2.20. The maximum atomic E-state index is 10.6. The number of hydrogen-bond donors (Lipinski definition) is 1. The van der Waals surface area contributed by atoms with Crippen LogP contribution in [0.3, 0.4) is 0 Å². The zero-order chi connectivity index (χ0) is 13.1. The van der Waals surface area contributed by atoms with Crippen LogP contribution >= 0.6 is 23.2 Å². The van der Waals surface area contributed by atoms with Crippen molar-refractivity contribution in [2.75, 3.05) is 0 Å². The van der Waals surface area contributed by atoms with Gasteiger partial charge in [-0.15, -0.1) is 5.10 Å². The summed E-state index contributed by atoms with van der Waals surface area (Å²) in [5.41, 5.74) is 0.853. The number of nitrogens with zero attached hydrogens (tertiary/aromatic N) is 4. The largest absolute Gasteiger partial charge is 0.480 e. The molecule has 1 aromatic carbocycles. The van der Waals surface area contributed by atoms with Crippen LogP contribution in [0.2, 0.25) is 10.0 Å². The first kappa shape index (κ1) is 12.8. The molecule has 0 atom stereocenters. The Bertz CT molecular complexity index is 585. The second kappa shape index (κ2) is 5.32. The van der Waals surface area contributed by atoms with Crippen molar-refractivity contribution >= 4 is 29.2 Å². The number of benzene rings is 1. The van der Waals surface area contributed by atoms with Crippen LogP contribution < -0.4 is 0 Å². The van der Waals surface area contributed by atoms with Gasteiger partial charge in [0, 0.05) is 6.42 Å². The number of hydrogen-bond acceptors (Lipinski definition) is 4. The second-order valence-electron chi connectivity index (χ2n) is 3.57. The highest BCUT2D eigenvalue weighted by Crippen LogP contribution is 2.23. The molecule has 1 aromatic heterocycles. The first-order valence-electron chi connectivity index (χ1n) is 4.97. The number of aromatic nitrogens is 4. The van der Waals surface area contributed by atoms with Crippen molar-refractivity contribution in [2.45, 2.75) is 13.0 Å². The van der Waals surface area contributed by atoms with Crippen LogP contribution in [0, 0.1) is 0 Å². The lowest BCUT2D eigenvalue weighted by molar-refractivity contribution is -0.138. The summed E-state index contributed by atoms with van der Waals surface area (Å²) in [6.45, 7) is -0.274. The number of rotatable bonds is 4. The highest BCUT2D eigenvalue weighted by atomic mass is 35.5. The highest BCUT2D eigenvalue weighted by Gasteiger charge is 2.10. The van der Waals surface area contributed by atoms with Crippen LogP contribution in [-0.2, 0) is 17.8 Å². The zero-order valence-electron chi connectivity index (χ0n) is 9.05. The van der Waals surface area contributed by atoms with Crippen LogP contribution in [-0.4, -0.2) is 31.3 Å². The topological polar surface area (TPSA) is 80.9 Å². The van der Waals surface area contributed by atoms with Gasteiger partial charge in [-0.2, -0.15) is 0 Å². The lowest BCUT2D eigenvalue weighted by atomic mass is 10.1. The van der Waals surface area contributed by atoms with E-state index in [1.807, 2.05) is 0 Å². The maximum Gasteiger partial charge on any atom is 0.325 e. The average Bonchev–Trinajstić information content (AvgIpc) is 2.70. The van der Waals surface area contributed by atoms with Crippen molar-refractivity contribution in [1.29, 1.82) is 0 Å². The molecule has 0 fully saturated rings. The van der Waals surface area contributed by atoms with Crippen LogP contribution in [0.4, 0.5) is 0 Å². The quantitative estimate of drug-likeness (QED) is 0.924. The fourth-order valence-electron chi connectivity index (χ4n) is 1.43. The van der Waals surface area contributed by atoms with E-state index in [0.29, 0.717) is 22.3 Å². The minimum Gasteiger partial charge on any atom is -0.480 e. The van der Waals surface area contributed by atoms with Gasteiger partial charge in [-0.05, 0) is 28.1 Å². The fourth-order valence-corrected chi connectivity index (χ4v) is 1.75. The molecule has 1 N–H and O–H groups in total. The maximum absolute atomic E-state index is 10.6. The van der Waals surface area contributed by atoms with Gasteiger partial charge in [0.15, 0.2) is 5.82 Å². The number of carbonyl (C=O) groups is 1. The summed E-state index contributed by atoms with van der Waals surface area (Å²) in [4.78, 5) is 10.6. The second-order valence-corrected chi connectivity index (χ2v) is 4.39. The average molecular weight is 287 g/mol. The molecule has 8 heteroatoms. The minimum absolute atomic E-state index is 0.274. The molecule has 0 unspecified atom stereocenters. The summed E-state index contributed by atoms with van der Waals surface area (Å²) in [6, 6.07) is 5.15. The van der Waals surface area contributed by atoms with Crippen LogP contribution in [0.15, 0.2) is 18.2 Å². The fraction of sp³-hybridized carbons (Fsp3) is 0.200. The van der Waals surface area contributed by atoms with Crippen LogP contribution in [0.25, 0.3) is 0 Å². The van der Waals surface area contributed by atoms with E-state index in [9.17, 15) is 4.79 Å². The normalized spacial score (nSPS) is 10.6. The monoisotopic (exact) mass is 286 g/mol. The van der Waals surface area contributed by atoms with Gasteiger partial charge in [0.25, 0.3) is 0 Å². The van der Waals surface area contributed by atoms with Crippen LogP contribution in [0.1, 0.15) is 11.4 Å². The minimum atomic E-state index is -1.00. The highest BCUT2D eigenvalue weighted by molar-refractivity contribution is 6.42. The van der Waals surface area contributed by atoms with Gasteiger partial charge < -0.3 is 5.11 Å². The molecule has 0 amide bonds. The first-order valence-corrected chi connectivity index (χ1v) is 5.72. The molecule has 0 aliphatic heterocycles. The van der Waals surface area contributed by atoms with Crippen molar-refractivity contribution in [3.05, 3.63) is 39.6 Å². The van der Waals surface area contributed by atoms with Gasteiger partial charge >= 0.3 is 5.97 Å². The Hall–Kier alpha value is -1.66. The number of aliphatic carboxylic acids is 1. The number of halogens is 2. The third-order valence-corrected chi connectivity index (χ3v) is 2.98. The summed E-state index contributed by atoms with van der Waals surface area (Å²) < 4.78 is 1.23. The van der Waals surface area contributed by atoms with Gasteiger partial charge in [0.2, 0.25) is 0 Å².